The molecule has 48 heavy (non-hydrogen) atoms. The molecule has 0 saturated heterocycles. The quantitative estimate of drug-likeness (QED) is 0.0861. The second-order valence-electron chi connectivity index (χ2n) is 13.1. The van der Waals surface area contributed by atoms with E-state index in [2.05, 4.69) is 10.3 Å². The van der Waals surface area contributed by atoms with Crippen molar-refractivity contribution in [2.45, 2.75) is 85.4 Å². The van der Waals surface area contributed by atoms with E-state index in [0.717, 1.165) is 6.21 Å². The zero-order valence-corrected chi connectivity index (χ0v) is 28.1. The summed E-state index contributed by atoms with van der Waals surface area (Å²) < 4.78 is 0. The number of hydrogen-bond donors (Lipinski definition) is 8. The third kappa shape index (κ3) is 5.92. The van der Waals surface area contributed by atoms with Crippen LogP contribution in [0.4, 0.5) is 0 Å². The molecule has 3 aromatic carbocycles. The summed E-state index contributed by atoms with van der Waals surface area (Å²) in [6.45, 7) is 13.3. The van der Waals surface area contributed by atoms with Crippen LogP contribution in [-0.4, -0.2) is 77.9 Å². The lowest BCUT2D eigenvalue weighted by molar-refractivity contribution is -0.139. The number of carboxylic acid groups (broad SMARTS) is 2. The summed E-state index contributed by atoms with van der Waals surface area (Å²) in [4.78, 5) is 40.6. The molecule has 12 heteroatoms. The first-order valence-corrected chi connectivity index (χ1v) is 15.6. The molecule has 1 aliphatic carbocycles. The Bertz CT molecular complexity index is 1910. The molecule has 0 aromatic heterocycles. The molecule has 12 nitrogen and oxygen atoms in total. The first-order valence-electron chi connectivity index (χ1n) is 15.6. The van der Waals surface area contributed by atoms with Gasteiger partial charge in [-0.15, -0.1) is 0 Å². The fraction of sp³-hybridized carbons (Fsp3) is 0.389. The Kier molecular flexibility index (Phi) is 9.82. The van der Waals surface area contributed by atoms with Gasteiger partial charge in [0, 0.05) is 57.1 Å². The van der Waals surface area contributed by atoms with Gasteiger partial charge in [-0.1, -0.05) is 39.8 Å². The van der Waals surface area contributed by atoms with Gasteiger partial charge in [0.2, 0.25) is 0 Å². The van der Waals surface area contributed by atoms with E-state index in [4.69, 9.17) is 0 Å². The van der Waals surface area contributed by atoms with Gasteiger partial charge >= 0.3 is 11.9 Å². The molecule has 4 unspecified atom stereocenters. The van der Waals surface area contributed by atoms with E-state index in [0.29, 0.717) is 27.6 Å². The number of Topliss-reactive ketones (excluding diaryl/α,β-unsaturated/α-hetero) is 1. The van der Waals surface area contributed by atoms with Crippen molar-refractivity contribution in [1.29, 1.82) is 0 Å². The molecule has 3 aromatic rings. The molecule has 0 heterocycles. The van der Waals surface area contributed by atoms with Gasteiger partial charge in [0.25, 0.3) is 0 Å². The molecule has 0 radical (unpaired) electrons. The van der Waals surface area contributed by atoms with E-state index >= 15 is 0 Å². The predicted molar refractivity (Wildman–Crippen MR) is 181 cm³/mol. The molecule has 0 fully saturated rings. The lowest BCUT2D eigenvalue weighted by atomic mass is 9.70. The second-order valence-corrected chi connectivity index (χ2v) is 13.1. The van der Waals surface area contributed by atoms with E-state index in [1.165, 1.54) is 20.0 Å². The summed E-state index contributed by atoms with van der Waals surface area (Å²) in [6.07, 6.45) is 0.771. The van der Waals surface area contributed by atoms with E-state index in [-0.39, 0.29) is 45.0 Å². The minimum Gasteiger partial charge on any atom is -0.507 e. The second kappa shape index (κ2) is 13.2. The van der Waals surface area contributed by atoms with Gasteiger partial charge in [-0.3, -0.25) is 14.6 Å². The first-order chi connectivity index (χ1) is 22.3. The van der Waals surface area contributed by atoms with Crippen molar-refractivity contribution in [2.24, 2.45) is 10.9 Å². The highest BCUT2D eigenvalue weighted by Gasteiger charge is 2.42. The smallest absolute Gasteiger partial charge is 0.328 e. The Morgan fingerprint density at radius 2 is 1.42 bits per heavy atom. The Hall–Kier alpha value is -5.10. The van der Waals surface area contributed by atoms with Crippen LogP contribution in [0.2, 0.25) is 0 Å². The van der Waals surface area contributed by atoms with Crippen molar-refractivity contribution < 1.29 is 50.1 Å². The number of aromatic hydroxyl groups is 4. The number of phenols is 4. The summed E-state index contributed by atoms with van der Waals surface area (Å²) >= 11 is 0. The Balaban J connectivity index is 2.17. The lowest BCUT2D eigenvalue weighted by Gasteiger charge is -2.35. The van der Waals surface area contributed by atoms with Crippen molar-refractivity contribution >= 4 is 40.3 Å². The average Bonchev–Trinajstić information content (AvgIpc) is 2.98. The van der Waals surface area contributed by atoms with Crippen LogP contribution in [0, 0.1) is 19.8 Å². The van der Waals surface area contributed by atoms with E-state index in [9.17, 15) is 50.1 Å². The molecule has 0 bridgehead atoms. The molecule has 1 aliphatic rings. The van der Waals surface area contributed by atoms with Gasteiger partial charge in [0.05, 0.1) is 0 Å². The summed E-state index contributed by atoms with van der Waals surface area (Å²) in [5, 5.41) is 79.3. The Morgan fingerprint density at radius 3 is 1.96 bits per heavy atom. The lowest BCUT2D eigenvalue weighted by Crippen LogP contribution is -2.38. The fourth-order valence-corrected chi connectivity index (χ4v) is 6.51. The highest BCUT2D eigenvalue weighted by atomic mass is 16.4. The molecule has 0 saturated carbocycles. The Morgan fingerprint density at radius 1 is 0.833 bits per heavy atom. The number of aliphatic hydroxyl groups excluding tert-OH is 1. The number of carboxylic acids is 2. The molecule has 256 valence electrons. The average molecular weight is 663 g/mol. The van der Waals surface area contributed by atoms with E-state index in [1.807, 2.05) is 13.8 Å². The number of ketones is 1. The minimum absolute atomic E-state index is 0.0479. The normalized spacial score (nSPS) is 18.6. The number of carbonyl (C=O) groups excluding carboxylic acids is 1. The summed E-state index contributed by atoms with van der Waals surface area (Å²) in [6, 6.07) is 1.08. The number of carbonyl (C=O) groups is 3. The maximum absolute atomic E-state index is 13.6. The molecule has 0 amide bonds. The fourth-order valence-electron chi connectivity index (χ4n) is 6.51. The summed E-state index contributed by atoms with van der Waals surface area (Å²) in [5.74, 6) is -6.29. The Labute approximate surface area is 277 Å². The number of aryl methyl sites for hydroxylation is 2. The predicted octanol–water partition coefficient (Wildman–Crippen LogP) is 5.05. The minimum atomic E-state index is -1.47. The molecular weight excluding hydrogens is 620 g/mol. The first kappa shape index (κ1) is 35.7. The molecule has 4 atom stereocenters. The number of aliphatic carboxylic acids is 2. The van der Waals surface area contributed by atoms with Crippen molar-refractivity contribution in [3.05, 3.63) is 51.7 Å². The van der Waals surface area contributed by atoms with E-state index in [1.54, 1.807) is 39.8 Å². The molecule has 0 spiro atoms. The van der Waals surface area contributed by atoms with Gasteiger partial charge in [-0.05, 0) is 61.6 Å². The van der Waals surface area contributed by atoms with E-state index < -0.39 is 64.8 Å². The SMILES string of the molecule is Cc1cc2c(c(O)c1-c1c(C)cc3c(C(C)C)c(O)c(O)c(C=NC(C)C(=O)O)c3c1O)/C(=C/NC(C)C(=O)O)C(=O)C(O)C2C(C)C. The van der Waals surface area contributed by atoms with Crippen LogP contribution in [0.15, 0.2) is 23.3 Å². The van der Waals surface area contributed by atoms with Crippen LogP contribution >= 0.6 is 0 Å². The summed E-state index contributed by atoms with van der Waals surface area (Å²) in [7, 11) is 0. The van der Waals surface area contributed by atoms with Crippen LogP contribution in [0.25, 0.3) is 27.5 Å². The van der Waals surface area contributed by atoms with Crippen LogP contribution in [-0.2, 0) is 14.4 Å². The number of aliphatic imine (C=N–C) groups is 1. The highest BCUT2D eigenvalue weighted by molar-refractivity contribution is 6.26. The number of phenolic OH excluding ortho intramolecular Hbond substituents is 4. The summed E-state index contributed by atoms with van der Waals surface area (Å²) in [5.41, 5.74) is 1.78. The third-order valence-electron chi connectivity index (χ3n) is 9.00. The van der Waals surface area contributed by atoms with Crippen molar-refractivity contribution in [3.8, 4) is 34.1 Å². The van der Waals surface area contributed by atoms with Gasteiger partial charge in [-0.2, -0.15) is 0 Å². The van der Waals surface area contributed by atoms with Gasteiger partial charge < -0.3 is 41.1 Å². The van der Waals surface area contributed by atoms with Crippen molar-refractivity contribution in [3.63, 3.8) is 0 Å². The van der Waals surface area contributed by atoms with Crippen LogP contribution in [0.3, 0.4) is 0 Å². The van der Waals surface area contributed by atoms with Crippen LogP contribution < -0.4 is 5.32 Å². The van der Waals surface area contributed by atoms with Crippen molar-refractivity contribution in [2.75, 3.05) is 0 Å². The number of hydrogen-bond acceptors (Lipinski definition) is 10. The molecular formula is C36H42N2O10. The monoisotopic (exact) mass is 662 g/mol. The van der Waals surface area contributed by atoms with Crippen molar-refractivity contribution in [1.82, 2.24) is 5.32 Å². The van der Waals surface area contributed by atoms with Gasteiger partial charge in [0.15, 0.2) is 17.3 Å². The number of benzene rings is 3. The number of fused-ring (bicyclic) bond motifs is 2. The zero-order valence-electron chi connectivity index (χ0n) is 28.1. The maximum atomic E-state index is 13.6. The largest absolute Gasteiger partial charge is 0.507 e. The molecule has 8 N–H and O–H groups in total. The number of rotatable bonds is 9. The van der Waals surface area contributed by atoms with Gasteiger partial charge in [-0.25, -0.2) is 4.79 Å². The number of nitrogens with zero attached hydrogens (tertiary/aromatic N) is 1. The number of nitrogens with one attached hydrogen (secondary N) is 1. The molecule has 0 aliphatic heterocycles. The topological polar surface area (TPSA) is 217 Å². The van der Waals surface area contributed by atoms with Gasteiger partial charge in [0.1, 0.15) is 29.7 Å². The zero-order chi connectivity index (χ0) is 36.1. The molecule has 4 rings (SSSR count). The maximum Gasteiger partial charge on any atom is 0.328 e. The van der Waals surface area contributed by atoms with Crippen LogP contribution in [0.5, 0.6) is 23.0 Å². The third-order valence-corrected chi connectivity index (χ3v) is 9.00. The standard InChI is InChI=1S/C36H42N2O10/c1-13(2)23-19-9-15(5)25(31(41)27(19)21(29(39)33(23)43)11-37-17(7)35(45)46)26-16(6)10-20-24(14(3)4)34(44)30(40)22(28(20)32(26)42)12-38-18(8)36(47)48/h9-14,17-18,23,33,37,40-44H,1-8H3,(H,45,46)(H,47,48)/b21-11-,38-12?. The highest BCUT2D eigenvalue weighted by Crippen LogP contribution is 2.54. The van der Waals surface area contributed by atoms with Crippen LogP contribution in [0.1, 0.15) is 86.8 Å². The number of aliphatic hydroxyl groups is 1.